The van der Waals surface area contributed by atoms with Crippen molar-refractivity contribution in [3.05, 3.63) is 21.0 Å². The quantitative estimate of drug-likeness (QED) is 0.803. The largest absolute Gasteiger partial charge is 0.367 e. The smallest absolute Gasteiger partial charge is 0.282 e. The molecule has 6 nitrogen and oxygen atoms in total. The number of aromatic nitrogens is 2. The molecule has 0 unspecified atom stereocenters. The maximum atomic E-state index is 11.9. The third-order valence-electron chi connectivity index (χ3n) is 3.99. The lowest BCUT2D eigenvalue weighted by Crippen LogP contribution is -2.61. The first kappa shape index (κ1) is 13.1. The van der Waals surface area contributed by atoms with Gasteiger partial charge in [0.15, 0.2) is 0 Å². The Balaban J connectivity index is 1.71. The van der Waals surface area contributed by atoms with Crippen molar-refractivity contribution in [3.8, 4) is 0 Å². The molecule has 3 rings (SSSR count). The summed E-state index contributed by atoms with van der Waals surface area (Å²) in [4.78, 5) is 16.6. The highest BCUT2D eigenvalue weighted by Crippen LogP contribution is 2.23. The number of rotatable bonds is 2. The van der Waals surface area contributed by atoms with Crippen LogP contribution in [0.1, 0.15) is 0 Å². The molecule has 0 atom stereocenters. The maximum absolute atomic E-state index is 11.9. The van der Waals surface area contributed by atoms with Crippen LogP contribution < -0.4 is 15.8 Å². The van der Waals surface area contributed by atoms with Crippen molar-refractivity contribution in [2.45, 2.75) is 6.04 Å². The Morgan fingerprint density at radius 2 is 2.00 bits per heavy atom. The number of halogens is 1. The molecule has 1 N–H and O–H groups in total. The second-order valence-electron chi connectivity index (χ2n) is 5.11. The van der Waals surface area contributed by atoms with Gasteiger partial charge >= 0.3 is 0 Å². The molecule has 0 amide bonds. The van der Waals surface area contributed by atoms with Crippen LogP contribution in [-0.4, -0.2) is 60.0 Å². The summed E-state index contributed by atoms with van der Waals surface area (Å²) in [6.07, 6.45) is 1.77. The zero-order valence-corrected chi connectivity index (χ0v) is 12.6. The van der Waals surface area contributed by atoms with Crippen LogP contribution in [0.4, 0.5) is 5.69 Å². The van der Waals surface area contributed by atoms with Crippen LogP contribution in [0.25, 0.3) is 0 Å². The summed E-state index contributed by atoms with van der Waals surface area (Å²) in [5.41, 5.74) is 0.831. The molecule has 2 aliphatic heterocycles. The van der Waals surface area contributed by atoms with Crippen molar-refractivity contribution >= 4 is 21.6 Å². The maximum Gasteiger partial charge on any atom is 0.282 e. The molecule has 2 saturated heterocycles. The predicted molar refractivity (Wildman–Crippen MR) is 77.6 cm³/mol. The molecule has 1 aromatic rings. The van der Waals surface area contributed by atoms with Crippen LogP contribution in [0, 0.1) is 0 Å². The standard InChI is InChI=1S/C12H18BrN5O/c1-16-12(19)11(13)10(8-15-16)18-4-2-17(3-5-18)9-6-14-7-9/h8-9,14H,2-7H2,1H3. The minimum atomic E-state index is -0.0804. The molecule has 7 heteroatoms. The number of nitrogens with one attached hydrogen (secondary N) is 1. The topological polar surface area (TPSA) is 53.4 Å². The molecule has 0 bridgehead atoms. The van der Waals surface area contributed by atoms with Crippen LogP contribution >= 0.6 is 15.9 Å². The highest BCUT2D eigenvalue weighted by atomic mass is 79.9. The number of anilines is 1. The van der Waals surface area contributed by atoms with E-state index in [4.69, 9.17) is 0 Å². The van der Waals surface area contributed by atoms with E-state index in [1.165, 1.54) is 4.68 Å². The Morgan fingerprint density at radius 1 is 1.32 bits per heavy atom. The van der Waals surface area contributed by atoms with E-state index in [0.717, 1.165) is 45.0 Å². The summed E-state index contributed by atoms with van der Waals surface area (Å²) in [5, 5.41) is 7.41. The fourth-order valence-corrected chi connectivity index (χ4v) is 3.19. The Hall–Kier alpha value is -0.920. The second kappa shape index (κ2) is 5.22. The van der Waals surface area contributed by atoms with E-state index in [0.29, 0.717) is 10.5 Å². The van der Waals surface area contributed by atoms with E-state index in [1.54, 1.807) is 13.2 Å². The van der Waals surface area contributed by atoms with Crippen LogP contribution in [0.3, 0.4) is 0 Å². The van der Waals surface area contributed by atoms with Gasteiger partial charge in [-0.15, -0.1) is 0 Å². The van der Waals surface area contributed by atoms with Gasteiger partial charge in [-0.3, -0.25) is 9.69 Å². The number of hydrogen-bond acceptors (Lipinski definition) is 5. The Labute approximate surface area is 120 Å². The minimum Gasteiger partial charge on any atom is -0.367 e. The Morgan fingerprint density at radius 3 is 2.58 bits per heavy atom. The summed E-state index contributed by atoms with van der Waals surface area (Å²) in [6, 6.07) is 0.701. The van der Waals surface area contributed by atoms with E-state index in [1.807, 2.05) is 0 Å². The molecule has 1 aromatic heterocycles. The fraction of sp³-hybridized carbons (Fsp3) is 0.667. The van der Waals surface area contributed by atoms with Gasteiger partial charge in [0.2, 0.25) is 0 Å². The fourth-order valence-electron chi connectivity index (χ4n) is 2.58. The second-order valence-corrected chi connectivity index (χ2v) is 5.90. The Bertz CT molecular complexity index is 519. The van der Waals surface area contributed by atoms with E-state index in [9.17, 15) is 4.79 Å². The first-order valence-electron chi connectivity index (χ1n) is 6.58. The molecule has 104 valence electrons. The minimum absolute atomic E-state index is 0.0804. The van der Waals surface area contributed by atoms with Crippen molar-refractivity contribution in [1.82, 2.24) is 20.0 Å². The van der Waals surface area contributed by atoms with Crippen molar-refractivity contribution in [3.63, 3.8) is 0 Å². The van der Waals surface area contributed by atoms with Crippen molar-refractivity contribution in [1.29, 1.82) is 0 Å². The third-order valence-corrected chi connectivity index (χ3v) is 4.74. The highest BCUT2D eigenvalue weighted by molar-refractivity contribution is 9.10. The lowest BCUT2D eigenvalue weighted by molar-refractivity contribution is 0.138. The van der Waals surface area contributed by atoms with Gasteiger partial charge in [0, 0.05) is 52.4 Å². The van der Waals surface area contributed by atoms with Gasteiger partial charge in [0.1, 0.15) is 4.47 Å². The first-order valence-corrected chi connectivity index (χ1v) is 7.37. The van der Waals surface area contributed by atoms with Gasteiger partial charge in [-0.2, -0.15) is 5.10 Å². The van der Waals surface area contributed by atoms with Gasteiger partial charge in [-0.1, -0.05) is 0 Å². The summed E-state index contributed by atoms with van der Waals surface area (Å²) < 4.78 is 1.97. The van der Waals surface area contributed by atoms with Crippen LogP contribution in [0.15, 0.2) is 15.5 Å². The average molecular weight is 328 g/mol. The molecule has 0 aliphatic carbocycles. The zero-order valence-electron chi connectivity index (χ0n) is 11.0. The summed E-state index contributed by atoms with van der Waals surface area (Å²) in [7, 11) is 1.67. The van der Waals surface area contributed by atoms with Gasteiger partial charge in [-0.25, -0.2) is 4.68 Å². The lowest BCUT2D eigenvalue weighted by Gasteiger charge is -2.43. The van der Waals surface area contributed by atoms with Crippen LogP contribution in [0.5, 0.6) is 0 Å². The van der Waals surface area contributed by atoms with Crippen LogP contribution in [-0.2, 0) is 7.05 Å². The molecule has 2 fully saturated rings. The van der Waals surface area contributed by atoms with Gasteiger partial charge in [0.25, 0.3) is 5.56 Å². The van der Waals surface area contributed by atoms with Crippen molar-refractivity contribution in [2.75, 3.05) is 44.2 Å². The first-order chi connectivity index (χ1) is 9.16. The number of hydrogen-bond donors (Lipinski definition) is 1. The van der Waals surface area contributed by atoms with Gasteiger partial charge in [0.05, 0.1) is 11.9 Å². The molecule has 19 heavy (non-hydrogen) atoms. The molecule has 0 saturated carbocycles. The van der Waals surface area contributed by atoms with Crippen LogP contribution in [0.2, 0.25) is 0 Å². The summed E-state index contributed by atoms with van der Waals surface area (Å²) >= 11 is 3.40. The van der Waals surface area contributed by atoms with E-state index >= 15 is 0 Å². The zero-order chi connectivity index (χ0) is 13.4. The molecule has 0 aromatic carbocycles. The van der Waals surface area contributed by atoms with Crippen molar-refractivity contribution < 1.29 is 0 Å². The highest BCUT2D eigenvalue weighted by Gasteiger charge is 2.28. The van der Waals surface area contributed by atoms with Gasteiger partial charge < -0.3 is 10.2 Å². The average Bonchev–Trinajstić information content (AvgIpc) is 2.36. The SMILES string of the molecule is Cn1ncc(N2CCN(C3CNC3)CC2)c(Br)c1=O. The van der Waals surface area contributed by atoms with E-state index < -0.39 is 0 Å². The third kappa shape index (κ3) is 2.42. The Kier molecular flexibility index (Phi) is 3.60. The molecular formula is C12H18BrN5O. The van der Waals surface area contributed by atoms with Gasteiger partial charge in [-0.05, 0) is 15.9 Å². The molecular weight excluding hydrogens is 310 g/mol. The molecule has 2 aliphatic rings. The summed E-state index contributed by atoms with van der Waals surface area (Å²) in [5.74, 6) is 0. The molecule has 3 heterocycles. The predicted octanol–water partition coefficient (Wildman–Crippen LogP) is -0.363. The monoisotopic (exact) mass is 327 g/mol. The number of aryl methyl sites for hydroxylation is 1. The molecule has 0 spiro atoms. The number of piperazine rings is 1. The van der Waals surface area contributed by atoms with E-state index in [-0.39, 0.29) is 5.56 Å². The van der Waals surface area contributed by atoms with Crippen molar-refractivity contribution in [2.24, 2.45) is 7.05 Å². The molecule has 0 radical (unpaired) electrons. The van der Waals surface area contributed by atoms with E-state index in [2.05, 4.69) is 36.1 Å². The number of nitrogens with zero attached hydrogens (tertiary/aromatic N) is 4. The normalized spacial score (nSPS) is 21.5. The lowest BCUT2D eigenvalue weighted by atomic mass is 10.1. The summed E-state index contributed by atoms with van der Waals surface area (Å²) in [6.45, 7) is 6.21.